The minimum Gasteiger partial charge on any atom is -0.395 e. The Balaban J connectivity index is 1.76. The fourth-order valence-corrected chi connectivity index (χ4v) is 7.07. The molecule has 0 amide bonds. The second-order valence-corrected chi connectivity index (χ2v) is 9.39. The average Bonchev–Trinajstić information content (AvgIpc) is 2.78. The van der Waals surface area contributed by atoms with Crippen LogP contribution in [0.3, 0.4) is 0 Å². The fourth-order valence-electron chi connectivity index (χ4n) is 7.07. The molecule has 0 aliphatic heterocycles. The maximum Gasteiger partial charge on any atom is 0.0757 e. The summed E-state index contributed by atoms with van der Waals surface area (Å²) in [5.41, 5.74) is 0.701. The lowest BCUT2D eigenvalue weighted by Crippen LogP contribution is -2.57. The van der Waals surface area contributed by atoms with Crippen LogP contribution in [0, 0.1) is 34.5 Å². The van der Waals surface area contributed by atoms with Crippen LogP contribution in [0.15, 0.2) is 11.6 Å². The van der Waals surface area contributed by atoms with Crippen LogP contribution >= 0.6 is 0 Å². The van der Waals surface area contributed by atoms with Crippen molar-refractivity contribution in [3.05, 3.63) is 11.6 Å². The van der Waals surface area contributed by atoms with Crippen LogP contribution in [-0.4, -0.2) is 45.3 Å². The fraction of sp³-hybridized carbons (Fsp3) is 0.900. The normalized spacial score (nSPS) is 56.9. The van der Waals surface area contributed by atoms with Gasteiger partial charge in [0, 0.05) is 5.41 Å². The molecule has 0 heterocycles. The predicted molar refractivity (Wildman–Crippen MR) is 91.1 cm³/mol. The lowest BCUT2D eigenvalue weighted by Gasteiger charge is -2.59. The molecule has 4 aliphatic rings. The minimum atomic E-state index is -0.517. The molecule has 0 spiro atoms. The van der Waals surface area contributed by atoms with Crippen molar-refractivity contribution in [1.29, 1.82) is 0 Å². The Morgan fingerprint density at radius 2 is 1.88 bits per heavy atom. The van der Waals surface area contributed by atoms with Gasteiger partial charge in [-0.2, -0.15) is 0 Å². The number of rotatable bonds is 1. The quantitative estimate of drug-likeness (QED) is 0.551. The van der Waals surface area contributed by atoms with E-state index in [0.29, 0.717) is 12.3 Å². The zero-order valence-electron chi connectivity index (χ0n) is 14.9. The van der Waals surface area contributed by atoms with Gasteiger partial charge in [0.15, 0.2) is 0 Å². The molecular weight excluding hydrogens is 304 g/mol. The molecule has 3 unspecified atom stereocenters. The number of aliphatic hydroxyl groups is 4. The van der Waals surface area contributed by atoms with Gasteiger partial charge in [0.1, 0.15) is 0 Å². The molecule has 0 aromatic heterocycles. The van der Waals surface area contributed by atoms with Gasteiger partial charge >= 0.3 is 0 Å². The lowest BCUT2D eigenvalue weighted by molar-refractivity contribution is -0.121. The SMILES string of the molecule is C[C@@H]1CC2C3C(CC[C@]2(C)[C@H]1O)[C@@]1(CO)CC[C@@H](O)CC1=C[C@@H]3O. The zero-order valence-corrected chi connectivity index (χ0v) is 14.9. The maximum absolute atomic E-state index is 11.0. The molecule has 4 aliphatic carbocycles. The molecule has 3 saturated carbocycles. The smallest absolute Gasteiger partial charge is 0.0757 e. The standard InChI is InChI=1S/C20H32O4/c1-11-7-15-17-14(4-5-19(15,2)18(11)24)20(10-21)6-3-13(22)8-12(20)9-16(17)23/h9,11,13-18,21-24H,3-8,10H2,1-2H3/t11-,13-,14?,15?,16+,17?,18+,19+,20-/m1/s1. The highest BCUT2D eigenvalue weighted by Crippen LogP contribution is 2.65. The molecule has 4 rings (SSSR count). The first-order valence-corrected chi connectivity index (χ1v) is 9.69. The first-order valence-electron chi connectivity index (χ1n) is 9.69. The van der Waals surface area contributed by atoms with E-state index >= 15 is 0 Å². The number of hydrogen-bond donors (Lipinski definition) is 4. The van der Waals surface area contributed by atoms with E-state index in [2.05, 4.69) is 13.8 Å². The van der Waals surface area contributed by atoms with Crippen molar-refractivity contribution in [2.45, 2.75) is 70.7 Å². The van der Waals surface area contributed by atoms with Crippen LogP contribution in [-0.2, 0) is 0 Å². The minimum absolute atomic E-state index is 0.112. The van der Waals surface area contributed by atoms with E-state index in [4.69, 9.17) is 0 Å². The van der Waals surface area contributed by atoms with Gasteiger partial charge in [0.2, 0.25) is 0 Å². The number of aliphatic hydroxyl groups excluding tert-OH is 4. The highest BCUT2D eigenvalue weighted by atomic mass is 16.3. The van der Waals surface area contributed by atoms with E-state index < -0.39 is 6.10 Å². The van der Waals surface area contributed by atoms with Crippen LogP contribution in [0.2, 0.25) is 0 Å². The molecule has 0 aromatic carbocycles. The predicted octanol–water partition coefficient (Wildman–Crippen LogP) is 1.86. The van der Waals surface area contributed by atoms with Gasteiger partial charge in [0.05, 0.1) is 24.9 Å². The van der Waals surface area contributed by atoms with Gasteiger partial charge < -0.3 is 20.4 Å². The first-order chi connectivity index (χ1) is 11.3. The summed E-state index contributed by atoms with van der Waals surface area (Å²) >= 11 is 0. The Hall–Kier alpha value is -0.420. The Labute approximate surface area is 144 Å². The van der Waals surface area contributed by atoms with Crippen LogP contribution in [0.1, 0.15) is 52.4 Å². The van der Waals surface area contributed by atoms with Crippen molar-refractivity contribution < 1.29 is 20.4 Å². The molecule has 0 saturated heterocycles. The molecular formula is C20H32O4. The van der Waals surface area contributed by atoms with Crippen LogP contribution in [0.25, 0.3) is 0 Å². The van der Waals surface area contributed by atoms with E-state index in [9.17, 15) is 20.4 Å². The molecule has 0 radical (unpaired) electrons. The van der Waals surface area contributed by atoms with Crippen molar-refractivity contribution >= 4 is 0 Å². The van der Waals surface area contributed by atoms with Gasteiger partial charge in [0.25, 0.3) is 0 Å². The van der Waals surface area contributed by atoms with E-state index in [1.807, 2.05) is 6.08 Å². The van der Waals surface area contributed by atoms with Crippen LogP contribution in [0.4, 0.5) is 0 Å². The van der Waals surface area contributed by atoms with Crippen LogP contribution in [0.5, 0.6) is 0 Å². The summed E-state index contributed by atoms with van der Waals surface area (Å²) in [6, 6.07) is 0. The second kappa shape index (κ2) is 5.54. The Morgan fingerprint density at radius 3 is 2.58 bits per heavy atom. The molecule has 4 nitrogen and oxygen atoms in total. The van der Waals surface area contributed by atoms with E-state index in [0.717, 1.165) is 37.7 Å². The van der Waals surface area contributed by atoms with Crippen LogP contribution < -0.4 is 0 Å². The zero-order chi connectivity index (χ0) is 17.3. The maximum atomic E-state index is 11.0. The highest BCUT2D eigenvalue weighted by Gasteiger charge is 2.62. The van der Waals surface area contributed by atoms with Crippen molar-refractivity contribution in [3.63, 3.8) is 0 Å². The van der Waals surface area contributed by atoms with Crippen molar-refractivity contribution in [2.75, 3.05) is 6.61 Å². The largest absolute Gasteiger partial charge is 0.395 e. The summed E-state index contributed by atoms with van der Waals surface area (Å²) in [5, 5.41) is 42.1. The molecule has 24 heavy (non-hydrogen) atoms. The van der Waals surface area contributed by atoms with Gasteiger partial charge in [-0.15, -0.1) is 0 Å². The molecule has 4 heteroatoms. The second-order valence-electron chi connectivity index (χ2n) is 9.39. The molecule has 136 valence electrons. The highest BCUT2D eigenvalue weighted by molar-refractivity contribution is 5.29. The van der Waals surface area contributed by atoms with E-state index in [1.54, 1.807) is 0 Å². The topological polar surface area (TPSA) is 80.9 Å². The molecule has 0 bridgehead atoms. The van der Waals surface area contributed by atoms with Crippen molar-refractivity contribution in [3.8, 4) is 0 Å². The molecule has 0 aromatic rings. The summed E-state index contributed by atoms with van der Waals surface area (Å²) < 4.78 is 0. The molecule has 4 N–H and O–H groups in total. The number of hydrogen-bond acceptors (Lipinski definition) is 4. The van der Waals surface area contributed by atoms with Gasteiger partial charge in [-0.3, -0.25) is 0 Å². The Kier molecular flexibility index (Phi) is 3.93. The molecule has 9 atom stereocenters. The molecule has 3 fully saturated rings. The Bertz CT molecular complexity index is 546. The third-order valence-electron chi connectivity index (χ3n) is 8.39. The summed E-state index contributed by atoms with van der Waals surface area (Å²) in [6.07, 6.45) is 5.80. The third-order valence-corrected chi connectivity index (χ3v) is 8.39. The van der Waals surface area contributed by atoms with E-state index in [1.165, 1.54) is 0 Å². The summed E-state index contributed by atoms with van der Waals surface area (Å²) in [5.74, 6) is 0.967. The number of fused-ring (bicyclic) bond motifs is 5. The van der Waals surface area contributed by atoms with E-state index in [-0.39, 0.29) is 47.4 Å². The third kappa shape index (κ3) is 2.06. The summed E-state index contributed by atoms with van der Waals surface area (Å²) in [4.78, 5) is 0. The van der Waals surface area contributed by atoms with Gasteiger partial charge in [-0.25, -0.2) is 0 Å². The average molecular weight is 336 g/mol. The van der Waals surface area contributed by atoms with Gasteiger partial charge in [-0.1, -0.05) is 25.5 Å². The monoisotopic (exact) mass is 336 g/mol. The lowest BCUT2D eigenvalue weighted by atomic mass is 9.47. The van der Waals surface area contributed by atoms with Crippen molar-refractivity contribution in [2.24, 2.45) is 34.5 Å². The van der Waals surface area contributed by atoms with Crippen molar-refractivity contribution in [1.82, 2.24) is 0 Å². The van der Waals surface area contributed by atoms with Gasteiger partial charge in [-0.05, 0) is 67.6 Å². The Morgan fingerprint density at radius 1 is 1.12 bits per heavy atom. The first kappa shape index (κ1) is 17.0. The summed E-state index contributed by atoms with van der Waals surface area (Å²) in [6.45, 7) is 4.43. The summed E-state index contributed by atoms with van der Waals surface area (Å²) in [7, 11) is 0.